The van der Waals surface area contributed by atoms with Crippen LogP contribution in [0.3, 0.4) is 0 Å². The van der Waals surface area contributed by atoms with Gasteiger partial charge in [-0.2, -0.15) is 0 Å². The van der Waals surface area contributed by atoms with Crippen molar-refractivity contribution in [1.29, 1.82) is 0 Å². The van der Waals surface area contributed by atoms with E-state index < -0.39 is 6.10 Å². The normalized spacial score (nSPS) is 23.3. The van der Waals surface area contributed by atoms with Crippen LogP contribution >= 0.6 is 0 Å². The van der Waals surface area contributed by atoms with Crippen molar-refractivity contribution in [3.63, 3.8) is 0 Å². The van der Waals surface area contributed by atoms with E-state index in [4.69, 9.17) is 23.9 Å². The Kier molecular flexibility index (Phi) is 10.1. The molecule has 252 valence electrons. The number of likely N-dealkylation sites (tertiary alicyclic amines) is 1. The van der Waals surface area contributed by atoms with Crippen molar-refractivity contribution in [1.82, 2.24) is 19.9 Å². The topological polar surface area (TPSA) is 131 Å². The quantitative estimate of drug-likeness (QED) is 0.287. The number of aromatic nitrogens is 3. The van der Waals surface area contributed by atoms with Gasteiger partial charge in [0.05, 0.1) is 32.0 Å². The van der Waals surface area contributed by atoms with Crippen molar-refractivity contribution in [3.05, 3.63) is 54.0 Å². The van der Waals surface area contributed by atoms with Gasteiger partial charge in [0.15, 0.2) is 5.89 Å². The molecular formula is C36H47N5O6. The lowest BCUT2D eigenvalue weighted by atomic mass is 9.79. The Balaban J connectivity index is 1.15. The van der Waals surface area contributed by atoms with Gasteiger partial charge in [-0.25, -0.2) is 14.8 Å². The Labute approximate surface area is 276 Å². The molecule has 2 saturated carbocycles. The summed E-state index contributed by atoms with van der Waals surface area (Å²) in [4.78, 5) is 44.3. The van der Waals surface area contributed by atoms with Gasteiger partial charge < -0.3 is 23.9 Å². The molecule has 6 rings (SSSR count). The molecule has 3 fully saturated rings. The number of oxazole rings is 1. The van der Waals surface area contributed by atoms with Crippen LogP contribution in [0.1, 0.15) is 94.3 Å². The molecule has 0 radical (unpaired) electrons. The van der Waals surface area contributed by atoms with E-state index in [1.165, 1.54) is 4.90 Å². The fourth-order valence-corrected chi connectivity index (χ4v) is 7.09. The molecule has 2 amide bonds. The minimum Gasteiger partial charge on any atom is -0.495 e. The predicted octanol–water partition coefficient (Wildman–Crippen LogP) is 6.25. The first-order valence-electron chi connectivity index (χ1n) is 17.1. The number of methoxy groups -OCH3 is 1. The Morgan fingerprint density at radius 2 is 1.79 bits per heavy atom. The minimum absolute atomic E-state index is 0.0721. The summed E-state index contributed by atoms with van der Waals surface area (Å²) in [6.07, 6.45) is 8.93. The lowest BCUT2D eigenvalue weighted by molar-refractivity contribution is -0.124. The second kappa shape index (κ2) is 14.4. The second-order valence-corrected chi connectivity index (χ2v) is 13.7. The van der Waals surface area contributed by atoms with Crippen molar-refractivity contribution < 1.29 is 28.6 Å². The number of hydrogen-bond donors (Lipinski definition) is 1. The zero-order chi connectivity index (χ0) is 33.1. The van der Waals surface area contributed by atoms with Crippen LogP contribution in [0.15, 0.2) is 41.1 Å². The molecule has 4 heterocycles. The summed E-state index contributed by atoms with van der Waals surface area (Å²) in [7, 11) is 1.67. The van der Waals surface area contributed by atoms with Crippen molar-refractivity contribution in [2.24, 2.45) is 11.8 Å². The monoisotopic (exact) mass is 645 g/mol. The Morgan fingerprint density at radius 3 is 2.43 bits per heavy atom. The van der Waals surface area contributed by atoms with Crippen LogP contribution in [0.4, 0.5) is 10.6 Å². The number of hydrogen-bond acceptors (Lipinski definition) is 9. The lowest BCUT2D eigenvalue weighted by Crippen LogP contribution is -2.54. The Bertz CT molecular complexity index is 1540. The standard InChI is InChI=1S/C36H47N5O6/c1-22(2)34-39-31(21-46-34)27-15-16-37-33(17-27)41(18-24-5-7-25(8-6-24)30-13-14-32(45-4)23(3)38-30)35(43)26-9-11-29(12-10-26)47-36(44)40-19-28(42)20-40/h13-17,21-22,24-26,28-29,42H,5-12,18-20H2,1-4H3/t24-,25-,26-,29-. The predicted molar refractivity (Wildman–Crippen MR) is 176 cm³/mol. The van der Waals surface area contributed by atoms with Crippen LogP contribution in [0, 0.1) is 18.8 Å². The molecule has 1 aliphatic heterocycles. The summed E-state index contributed by atoms with van der Waals surface area (Å²) >= 11 is 0. The van der Waals surface area contributed by atoms with E-state index in [2.05, 4.69) is 11.1 Å². The molecule has 11 nitrogen and oxygen atoms in total. The lowest BCUT2D eigenvalue weighted by Gasteiger charge is -2.37. The highest BCUT2D eigenvalue weighted by molar-refractivity contribution is 5.94. The van der Waals surface area contributed by atoms with Crippen molar-refractivity contribution in [3.8, 4) is 17.0 Å². The molecule has 0 unspecified atom stereocenters. The molecule has 0 spiro atoms. The molecule has 0 bridgehead atoms. The highest BCUT2D eigenvalue weighted by atomic mass is 16.6. The number of carbonyl (C=O) groups excluding carboxylic acids is 2. The number of carbonyl (C=O) groups is 2. The molecule has 3 aromatic rings. The molecule has 0 atom stereocenters. The zero-order valence-corrected chi connectivity index (χ0v) is 27.9. The van der Waals surface area contributed by atoms with Gasteiger partial charge in [0, 0.05) is 41.8 Å². The molecule has 0 aromatic carbocycles. The molecule has 3 aliphatic rings. The first-order chi connectivity index (χ1) is 22.7. The molecule has 3 aromatic heterocycles. The second-order valence-electron chi connectivity index (χ2n) is 13.7. The van der Waals surface area contributed by atoms with E-state index in [0.29, 0.717) is 68.9 Å². The maximum atomic E-state index is 14.3. The summed E-state index contributed by atoms with van der Waals surface area (Å²) in [5.41, 5.74) is 3.61. The van der Waals surface area contributed by atoms with E-state index in [0.717, 1.165) is 54.1 Å². The first kappa shape index (κ1) is 32.9. The number of β-amino-alcohol motifs (C(OH)–C–C–N with tert-alkyl or cyclic N) is 1. The van der Waals surface area contributed by atoms with Crippen molar-refractivity contribution >= 4 is 17.8 Å². The minimum atomic E-state index is -0.464. The smallest absolute Gasteiger partial charge is 0.410 e. The first-order valence-corrected chi connectivity index (χ1v) is 17.1. The maximum absolute atomic E-state index is 14.3. The maximum Gasteiger partial charge on any atom is 0.410 e. The molecule has 11 heteroatoms. The number of ether oxygens (including phenoxy) is 2. The van der Waals surface area contributed by atoms with Crippen LogP contribution in [-0.4, -0.2) is 75.9 Å². The summed E-state index contributed by atoms with van der Waals surface area (Å²) in [5, 5.41) is 9.52. The molecule has 47 heavy (non-hydrogen) atoms. The number of nitrogens with zero attached hydrogens (tertiary/aromatic N) is 5. The van der Waals surface area contributed by atoms with Crippen LogP contribution in [0.5, 0.6) is 5.75 Å². The summed E-state index contributed by atoms with van der Waals surface area (Å²) in [5.74, 6) is 2.90. The van der Waals surface area contributed by atoms with Crippen molar-refractivity contribution in [2.45, 2.75) is 96.2 Å². The van der Waals surface area contributed by atoms with Gasteiger partial charge in [0.2, 0.25) is 5.91 Å². The average molecular weight is 646 g/mol. The van der Waals surface area contributed by atoms with Gasteiger partial charge in [0.25, 0.3) is 0 Å². The van der Waals surface area contributed by atoms with Crippen LogP contribution in [-0.2, 0) is 9.53 Å². The van der Waals surface area contributed by atoms with Gasteiger partial charge in [-0.1, -0.05) is 13.8 Å². The number of amides is 2. The highest BCUT2D eigenvalue weighted by Crippen LogP contribution is 2.38. The molecule has 2 aliphatic carbocycles. The fourth-order valence-electron chi connectivity index (χ4n) is 7.09. The van der Waals surface area contributed by atoms with Gasteiger partial charge in [-0.3, -0.25) is 14.7 Å². The van der Waals surface area contributed by atoms with E-state index in [-0.39, 0.29) is 29.9 Å². The molecule has 1 N–H and O–H groups in total. The van der Waals surface area contributed by atoms with Crippen LogP contribution < -0.4 is 9.64 Å². The average Bonchev–Trinajstić information content (AvgIpc) is 3.57. The highest BCUT2D eigenvalue weighted by Gasteiger charge is 2.36. The van der Waals surface area contributed by atoms with Gasteiger partial charge in [0.1, 0.15) is 29.6 Å². The van der Waals surface area contributed by atoms with E-state index in [9.17, 15) is 14.7 Å². The van der Waals surface area contributed by atoms with Gasteiger partial charge in [-0.15, -0.1) is 0 Å². The third-order valence-corrected chi connectivity index (χ3v) is 10.00. The Hall–Kier alpha value is -3.99. The number of anilines is 1. The van der Waals surface area contributed by atoms with Crippen LogP contribution in [0.2, 0.25) is 0 Å². The number of aliphatic hydroxyl groups is 1. The van der Waals surface area contributed by atoms with E-state index in [1.807, 2.05) is 43.9 Å². The van der Waals surface area contributed by atoms with Crippen LogP contribution in [0.25, 0.3) is 11.3 Å². The summed E-state index contributed by atoms with van der Waals surface area (Å²) < 4.78 is 16.8. The van der Waals surface area contributed by atoms with Gasteiger partial charge in [-0.05, 0) is 88.5 Å². The molecular weight excluding hydrogens is 598 g/mol. The third kappa shape index (κ3) is 7.61. The largest absolute Gasteiger partial charge is 0.495 e. The number of pyridine rings is 2. The molecule has 1 saturated heterocycles. The fraction of sp³-hybridized carbons (Fsp3) is 0.583. The number of aliphatic hydroxyl groups excluding tert-OH is 1. The number of aryl methyl sites for hydroxylation is 1. The Morgan fingerprint density at radius 1 is 1.04 bits per heavy atom. The third-order valence-electron chi connectivity index (χ3n) is 10.00. The number of rotatable bonds is 9. The van der Waals surface area contributed by atoms with Gasteiger partial charge >= 0.3 is 6.09 Å². The van der Waals surface area contributed by atoms with E-state index in [1.54, 1.807) is 19.6 Å². The zero-order valence-electron chi connectivity index (χ0n) is 27.9. The van der Waals surface area contributed by atoms with E-state index >= 15 is 0 Å². The SMILES string of the molecule is COc1ccc([C@H]2CC[C@H](CN(c3cc(-c4coc(C(C)C)n4)ccn3)C(=O)[C@H]3CC[C@H](OC(=O)N4CC(O)C4)CC3)CC2)nc1C. The summed E-state index contributed by atoms with van der Waals surface area (Å²) in [6, 6.07) is 7.94. The van der Waals surface area contributed by atoms with Crippen molar-refractivity contribution in [2.75, 3.05) is 31.6 Å². The summed E-state index contributed by atoms with van der Waals surface area (Å²) in [6.45, 7) is 7.30.